The summed E-state index contributed by atoms with van der Waals surface area (Å²) in [5.41, 5.74) is 1.75. The Bertz CT molecular complexity index is 515. The number of nitrogens with zero attached hydrogens (tertiary/aromatic N) is 3. The van der Waals surface area contributed by atoms with Gasteiger partial charge in [0.1, 0.15) is 0 Å². The van der Waals surface area contributed by atoms with Crippen LogP contribution in [-0.2, 0) is 6.42 Å². The van der Waals surface area contributed by atoms with E-state index in [0.29, 0.717) is 16.0 Å². The lowest BCUT2D eigenvalue weighted by Gasteiger charge is -2.05. The average Bonchev–Trinajstić information content (AvgIpc) is 2.69. The molecule has 2 aromatic heterocycles. The van der Waals surface area contributed by atoms with Crippen LogP contribution >= 0.6 is 34.5 Å². The van der Waals surface area contributed by atoms with Gasteiger partial charge in [0.25, 0.3) is 0 Å². The van der Waals surface area contributed by atoms with Crippen molar-refractivity contribution in [3.63, 3.8) is 0 Å². The van der Waals surface area contributed by atoms with Gasteiger partial charge < -0.3 is 5.32 Å². The molecule has 0 radical (unpaired) electrons. The van der Waals surface area contributed by atoms with Crippen LogP contribution in [0.4, 0.5) is 5.69 Å². The number of halogens is 2. The predicted molar refractivity (Wildman–Crippen MR) is 71.1 cm³/mol. The molecule has 17 heavy (non-hydrogen) atoms. The third-order valence-electron chi connectivity index (χ3n) is 2.04. The molecular weight excluding hydrogens is 279 g/mol. The Kier molecular flexibility index (Phi) is 4.15. The Morgan fingerprint density at radius 2 is 2.18 bits per heavy atom. The summed E-state index contributed by atoms with van der Waals surface area (Å²) in [5.74, 6) is 0. The Morgan fingerprint density at radius 3 is 2.88 bits per heavy atom. The minimum absolute atomic E-state index is 0.321. The minimum atomic E-state index is 0.321. The first-order valence-electron chi connectivity index (χ1n) is 4.99. The summed E-state index contributed by atoms with van der Waals surface area (Å²) >= 11 is 13.3. The summed E-state index contributed by atoms with van der Waals surface area (Å²) in [6.07, 6.45) is 0.842. The van der Waals surface area contributed by atoms with Gasteiger partial charge in [0.05, 0.1) is 10.7 Å². The Hall–Kier alpha value is -0.910. The molecule has 0 spiro atoms. The summed E-state index contributed by atoms with van der Waals surface area (Å²) in [6, 6.07) is 1.66. The Labute approximate surface area is 113 Å². The van der Waals surface area contributed by atoms with E-state index in [1.165, 1.54) is 0 Å². The maximum atomic E-state index is 5.87. The van der Waals surface area contributed by atoms with Crippen molar-refractivity contribution in [1.82, 2.24) is 15.2 Å². The third-order valence-corrected chi connectivity index (χ3v) is 3.53. The van der Waals surface area contributed by atoms with E-state index >= 15 is 0 Å². The van der Waals surface area contributed by atoms with Gasteiger partial charge in [-0.3, -0.25) is 0 Å². The fourth-order valence-corrected chi connectivity index (χ4v) is 2.38. The monoisotopic (exact) mass is 288 g/mol. The lowest BCUT2D eigenvalue weighted by atomic mass is 10.4. The van der Waals surface area contributed by atoms with Gasteiger partial charge in [0.15, 0.2) is 10.3 Å². The van der Waals surface area contributed by atoms with Crippen molar-refractivity contribution in [2.45, 2.75) is 13.3 Å². The van der Waals surface area contributed by atoms with Gasteiger partial charge >= 0.3 is 0 Å². The molecule has 2 aromatic rings. The van der Waals surface area contributed by atoms with Crippen LogP contribution in [-0.4, -0.2) is 21.7 Å². The van der Waals surface area contributed by atoms with Crippen molar-refractivity contribution >= 4 is 40.2 Å². The second-order valence-corrected chi connectivity index (χ2v) is 5.12. The molecule has 0 fully saturated rings. The van der Waals surface area contributed by atoms with E-state index < -0.39 is 0 Å². The number of thiazole rings is 1. The summed E-state index contributed by atoms with van der Waals surface area (Å²) in [4.78, 5) is 4.37. The number of anilines is 1. The molecule has 7 heteroatoms. The Balaban J connectivity index is 1.91. The SMILES string of the molecule is Cc1csc(CCNc2cc(Cl)nnc2Cl)n1. The van der Waals surface area contributed by atoms with E-state index in [1.54, 1.807) is 17.4 Å². The molecule has 4 nitrogen and oxygen atoms in total. The topological polar surface area (TPSA) is 50.7 Å². The van der Waals surface area contributed by atoms with Crippen LogP contribution in [0.3, 0.4) is 0 Å². The van der Waals surface area contributed by atoms with Gasteiger partial charge in [-0.1, -0.05) is 23.2 Å². The Morgan fingerprint density at radius 1 is 1.35 bits per heavy atom. The van der Waals surface area contributed by atoms with E-state index in [1.807, 2.05) is 12.3 Å². The van der Waals surface area contributed by atoms with Crippen molar-refractivity contribution in [3.05, 3.63) is 32.5 Å². The number of nitrogens with one attached hydrogen (secondary N) is 1. The molecule has 0 unspecified atom stereocenters. The molecule has 1 N–H and O–H groups in total. The van der Waals surface area contributed by atoms with Crippen LogP contribution < -0.4 is 5.32 Å². The highest BCUT2D eigenvalue weighted by atomic mass is 35.5. The molecule has 0 saturated carbocycles. The zero-order valence-corrected chi connectivity index (χ0v) is 11.4. The molecule has 0 amide bonds. The van der Waals surface area contributed by atoms with Gasteiger partial charge in [0, 0.05) is 30.1 Å². The number of hydrogen-bond acceptors (Lipinski definition) is 5. The van der Waals surface area contributed by atoms with E-state index in [0.717, 1.165) is 23.7 Å². The van der Waals surface area contributed by atoms with Crippen molar-refractivity contribution in [2.24, 2.45) is 0 Å². The predicted octanol–water partition coefficient (Wildman–Crippen LogP) is 3.20. The standard InChI is InChI=1S/C10H10Cl2N4S/c1-6-5-17-9(14-6)2-3-13-7-4-8(11)15-16-10(7)12/h4-5H,2-3H2,1H3,(H,13,15). The number of aryl methyl sites for hydroxylation is 1. The van der Waals surface area contributed by atoms with Gasteiger partial charge in [0.2, 0.25) is 0 Å². The fraction of sp³-hybridized carbons (Fsp3) is 0.300. The molecule has 0 bridgehead atoms. The van der Waals surface area contributed by atoms with Crippen molar-refractivity contribution in [3.8, 4) is 0 Å². The molecule has 0 saturated heterocycles. The van der Waals surface area contributed by atoms with Crippen molar-refractivity contribution < 1.29 is 0 Å². The normalized spacial score (nSPS) is 10.5. The lowest BCUT2D eigenvalue weighted by Crippen LogP contribution is -2.06. The summed E-state index contributed by atoms with van der Waals surface area (Å²) in [6.45, 7) is 2.71. The summed E-state index contributed by atoms with van der Waals surface area (Å²) in [7, 11) is 0. The first kappa shape index (κ1) is 12.5. The number of hydrogen-bond donors (Lipinski definition) is 1. The van der Waals surface area contributed by atoms with Gasteiger partial charge in [-0.15, -0.1) is 21.5 Å². The summed E-state index contributed by atoms with van der Waals surface area (Å²) in [5, 5.41) is 14.3. The van der Waals surface area contributed by atoms with Gasteiger partial charge in [-0.25, -0.2) is 4.98 Å². The molecule has 0 aliphatic rings. The largest absolute Gasteiger partial charge is 0.382 e. The van der Waals surface area contributed by atoms with Gasteiger partial charge in [-0.2, -0.15) is 0 Å². The quantitative estimate of drug-likeness (QED) is 0.939. The second-order valence-electron chi connectivity index (χ2n) is 3.43. The fourth-order valence-electron chi connectivity index (χ4n) is 1.30. The maximum absolute atomic E-state index is 5.87. The first-order valence-corrected chi connectivity index (χ1v) is 6.62. The molecule has 0 aliphatic heterocycles. The zero-order valence-electron chi connectivity index (χ0n) is 9.07. The van der Waals surface area contributed by atoms with Crippen LogP contribution in [0.1, 0.15) is 10.7 Å². The average molecular weight is 289 g/mol. The third kappa shape index (κ3) is 3.52. The molecular formula is C10H10Cl2N4S. The number of rotatable bonds is 4. The zero-order chi connectivity index (χ0) is 12.3. The van der Waals surface area contributed by atoms with Crippen LogP contribution in [0, 0.1) is 6.92 Å². The van der Waals surface area contributed by atoms with E-state index in [9.17, 15) is 0 Å². The molecule has 2 rings (SSSR count). The first-order chi connectivity index (χ1) is 8.15. The number of aromatic nitrogens is 3. The van der Waals surface area contributed by atoms with E-state index in [4.69, 9.17) is 23.2 Å². The second kappa shape index (κ2) is 5.62. The molecule has 90 valence electrons. The minimum Gasteiger partial charge on any atom is -0.382 e. The smallest absolute Gasteiger partial charge is 0.174 e. The van der Waals surface area contributed by atoms with E-state index in [2.05, 4.69) is 20.5 Å². The van der Waals surface area contributed by atoms with Crippen molar-refractivity contribution in [1.29, 1.82) is 0 Å². The molecule has 0 aliphatic carbocycles. The highest BCUT2D eigenvalue weighted by Crippen LogP contribution is 2.20. The van der Waals surface area contributed by atoms with Crippen LogP contribution in [0.15, 0.2) is 11.4 Å². The summed E-state index contributed by atoms with van der Waals surface area (Å²) < 4.78 is 0. The van der Waals surface area contributed by atoms with Crippen molar-refractivity contribution in [2.75, 3.05) is 11.9 Å². The van der Waals surface area contributed by atoms with Crippen LogP contribution in [0.5, 0.6) is 0 Å². The highest BCUT2D eigenvalue weighted by molar-refractivity contribution is 7.09. The van der Waals surface area contributed by atoms with Gasteiger partial charge in [-0.05, 0) is 6.92 Å². The molecule has 2 heterocycles. The highest BCUT2D eigenvalue weighted by Gasteiger charge is 2.04. The van der Waals surface area contributed by atoms with E-state index in [-0.39, 0.29) is 0 Å². The molecule has 0 aromatic carbocycles. The van der Waals surface area contributed by atoms with Crippen LogP contribution in [0.25, 0.3) is 0 Å². The maximum Gasteiger partial charge on any atom is 0.174 e. The lowest BCUT2D eigenvalue weighted by molar-refractivity contribution is 0.973. The van der Waals surface area contributed by atoms with Crippen LogP contribution in [0.2, 0.25) is 10.3 Å². The molecule has 0 atom stereocenters.